The molecule has 168 valence electrons. The zero-order valence-corrected chi connectivity index (χ0v) is 18.6. The van der Waals surface area contributed by atoms with Gasteiger partial charge < -0.3 is 21.7 Å². The minimum Gasteiger partial charge on any atom is -0.368 e. The number of nitrogens with one attached hydrogen (secondary N) is 1. The molecule has 1 aliphatic carbocycles. The van der Waals surface area contributed by atoms with Crippen LogP contribution in [0.25, 0.3) is 0 Å². The van der Waals surface area contributed by atoms with E-state index in [1.807, 2.05) is 23.1 Å². The van der Waals surface area contributed by atoms with Crippen LogP contribution in [0.2, 0.25) is 0 Å². The highest BCUT2D eigenvalue weighted by molar-refractivity contribution is 8.00. The first-order valence-electron chi connectivity index (χ1n) is 10.6. The molecule has 1 atom stereocenters. The first kappa shape index (κ1) is 22.6. The third kappa shape index (κ3) is 4.63. The maximum Gasteiger partial charge on any atom is 0.235 e. The number of nitrogens with two attached hydrogens (primary N) is 2. The highest BCUT2D eigenvalue weighted by Gasteiger charge is 2.38. The number of primary amides is 1. The third-order valence-corrected chi connectivity index (χ3v) is 6.97. The number of benzene rings is 1. The summed E-state index contributed by atoms with van der Waals surface area (Å²) in [6.07, 6.45) is 1.79. The van der Waals surface area contributed by atoms with Gasteiger partial charge in [-0.25, -0.2) is 4.98 Å². The summed E-state index contributed by atoms with van der Waals surface area (Å²) in [5.74, 6) is -0.192. The number of pyridine rings is 1. The summed E-state index contributed by atoms with van der Waals surface area (Å²) in [5.41, 5.74) is 13.2. The van der Waals surface area contributed by atoms with Gasteiger partial charge >= 0.3 is 0 Å². The molecule has 9 nitrogen and oxygen atoms in total. The maximum atomic E-state index is 12.3. The van der Waals surface area contributed by atoms with Gasteiger partial charge in [-0.2, -0.15) is 10.5 Å². The fraction of sp³-hybridized carbons (Fsp3) is 0.348. The van der Waals surface area contributed by atoms with Crippen molar-refractivity contribution in [3.63, 3.8) is 0 Å². The van der Waals surface area contributed by atoms with Gasteiger partial charge in [-0.15, -0.1) is 0 Å². The first-order chi connectivity index (χ1) is 16.0. The Kier molecular flexibility index (Phi) is 6.50. The van der Waals surface area contributed by atoms with Gasteiger partial charge in [0.15, 0.2) is 0 Å². The van der Waals surface area contributed by atoms with Crippen LogP contribution in [0.3, 0.4) is 0 Å². The summed E-state index contributed by atoms with van der Waals surface area (Å²) in [5, 5.41) is 22.4. The Hall–Kier alpha value is -3.60. The van der Waals surface area contributed by atoms with Crippen LogP contribution in [0.15, 0.2) is 35.4 Å². The number of carbonyl (C=O) groups excluding carboxylic acids is 2. The molecule has 1 saturated carbocycles. The summed E-state index contributed by atoms with van der Waals surface area (Å²) in [4.78, 5) is 30.5. The number of thioether (sulfide) groups is 1. The molecule has 2 aromatic rings. The number of amides is 2. The van der Waals surface area contributed by atoms with Gasteiger partial charge in [-0.3, -0.25) is 9.59 Å². The fourth-order valence-electron chi connectivity index (χ4n) is 3.94. The van der Waals surface area contributed by atoms with Crippen LogP contribution < -0.4 is 21.7 Å². The molecule has 0 radical (unpaired) electrons. The Balaban J connectivity index is 1.73. The minimum absolute atomic E-state index is 0.0876. The molecule has 1 unspecified atom stereocenters. The van der Waals surface area contributed by atoms with E-state index in [9.17, 15) is 20.1 Å². The molecule has 0 spiro atoms. The predicted molar refractivity (Wildman–Crippen MR) is 123 cm³/mol. The molecule has 2 amide bonds. The normalized spacial score (nSPS) is 16.3. The molecule has 5 N–H and O–H groups in total. The lowest BCUT2D eigenvalue weighted by atomic mass is 9.98. The highest BCUT2D eigenvalue weighted by Crippen LogP contribution is 2.48. The second-order valence-corrected chi connectivity index (χ2v) is 9.18. The van der Waals surface area contributed by atoms with Crippen molar-refractivity contribution >= 4 is 29.4 Å². The Labute approximate surface area is 195 Å². The van der Waals surface area contributed by atoms with Crippen molar-refractivity contribution in [1.82, 2.24) is 10.3 Å². The third-order valence-electron chi connectivity index (χ3n) is 5.71. The molecule has 33 heavy (non-hydrogen) atoms. The minimum atomic E-state index is -0.730. The van der Waals surface area contributed by atoms with Gasteiger partial charge in [0.05, 0.1) is 23.7 Å². The largest absolute Gasteiger partial charge is 0.368 e. The number of rotatable bonds is 8. The predicted octanol–water partition coefficient (Wildman–Crippen LogP) is 1.28. The molecule has 4 rings (SSSR count). The SMILES string of the molecule is N#Cc1c(SC(C(N)=O)c2ccccc2)nc(N2CC(NC(=O)CN)C2)c(C#N)c1C1CC1. The van der Waals surface area contributed by atoms with E-state index in [4.69, 9.17) is 11.5 Å². The second-order valence-electron chi connectivity index (χ2n) is 8.09. The molecule has 2 aliphatic rings. The number of hydrogen-bond donors (Lipinski definition) is 3. The monoisotopic (exact) mass is 461 g/mol. The van der Waals surface area contributed by atoms with Crippen molar-refractivity contribution in [2.24, 2.45) is 11.5 Å². The molecule has 10 heteroatoms. The van der Waals surface area contributed by atoms with Crippen molar-refractivity contribution < 1.29 is 9.59 Å². The molecule has 2 fully saturated rings. The number of carbonyl (C=O) groups is 2. The molecule has 1 aromatic heterocycles. The van der Waals surface area contributed by atoms with Gasteiger partial charge in [0.2, 0.25) is 11.8 Å². The lowest BCUT2D eigenvalue weighted by molar-refractivity contribution is -0.120. The van der Waals surface area contributed by atoms with E-state index in [1.54, 1.807) is 12.1 Å². The van der Waals surface area contributed by atoms with Crippen LogP contribution in [0.5, 0.6) is 0 Å². The fourth-order valence-corrected chi connectivity index (χ4v) is 4.99. The van der Waals surface area contributed by atoms with Crippen molar-refractivity contribution in [1.29, 1.82) is 10.5 Å². The number of aromatic nitrogens is 1. The summed E-state index contributed by atoms with van der Waals surface area (Å²) >= 11 is 1.13. The molecular weight excluding hydrogens is 438 g/mol. The van der Waals surface area contributed by atoms with E-state index >= 15 is 0 Å². The zero-order chi connectivity index (χ0) is 23.5. The van der Waals surface area contributed by atoms with E-state index in [2.05, 4.69) is 22.4 Å². The Morgan fingerprint density at radius 2 is 1.85 bits per heavy atom. The van der Waals surface area contributed by atoms with Crippen LogP contribution in [0.1, 0.15) is 46.3 Å². The van der Waals surface area contributed by atoms with Crippen LogP contribution in [0.4, 0.5) is 5.82 Å². The number of nitriles is 2. The van der Waals surface area contributed by atoms with Crippen molar-refractivity contribution in [3.8, 4) is 12.1 Å². The molecule has 1 aromatic carbocycles. The first-order valence-corrected chi connectivity index (χ1v) is 11.5. The highest BCUT2D eigenvalue weighted by atomic mass is 32.2. The summed E-state index contributed by atoms with van der Waals surface area (Å²) < 4.78 is 0. The van der Waals surface area contributed by atoms with Crippen LogP contribution in [-0.4, -0.2) is 42.5 Å². The Morgan fingerprint density at radius 3 is 2.39 bits per heavy atom. The van der Waals surface area contributed by atoms with Gasteiger partial charge in [0.1, 0.15) is 28.2 Å². The summed E-state index contributed by atoms with van der Waals surface area (Å²) in [6.45, 7) is 0.868. The molecular formula is C23H23N7O2S. The lowest BCUT2D eigenvalue weighted by Gasteiger charge is -2.41. The van der Waals surface area contributed by atoms with Crippen LogP contribution >= 0.6 is 11.8 Å². The van der Waals surface area contributed by atoms with Crippen LogP contribution in [-0.2, 0) is 9.59 Å². The van der Waals surface area contributed by atoms with E-state index in [1.165, 1.54) is 0 Å². The average Bonchev–Trinajstić information content (AvgIpc) is 3.64. The average molecular weight is 462 g/mol. The zero-order valence-electron chi connectivity index (χ0n) is 17.8. The van der Waals surface area contributed by atoms with Crippen molar-refractivity contribution in [2.75, 3.05) is 24.5 Å². The molecule has 1 aliphatic heterocycles. The maximum absolute atomic E-state index is 12.3. The smallest absolute Gasteiger partial charge is 0.235 e. The molecule has 1 saturated heterocycles. The van der Waals surface area contributed by atoms with Gasteiger partial charge in [-0.1, -0.05) is 42.1 Å². The summed E-state index contributed by atoms with van der Waals surface area (Å²) in [6, 6.07) is 13.5. The lowest BCUT2D eigenvalue weighted by Crippen LogP contribution is -2.60. The molecule has 2 heterocycles. The van der Waals surface area contributed by atoms with Crippen molar-refractivity contribution in [2.45, 2.75) is 35.1 Å². The van der Waals surface area contributed by atoms with Gasteiger partial charge in [0, 0.05) is 13.1 Å². The topological polar surface area (TPSA) is 162 Å². The molecule has 0 bridgehead atoms. The summed E-state index contributed by atoms with van der Waals surface area (Å²) in [7, 11) is 0. The van der Waals surface area contributed by atoms with E-state index in [0.717, 1.165) is 24.6 Å². The van der Waals surface area contributed by atoms with E-state index < -0.39 is 11.2 Å². The van der Waals surface area contributed by atoms with Crippen LogP contribution in [0, 0.1) is 22.7 Å². The van der Waals surface area contributed by atoms with Crippen molar-refractivity contribution in [3.05, 3.63) is 52.6 Å². The van der Waals surface area contributed by atoms with E-state index in [0.29, 0.717) is 46.2 Å². The number of nitrogens with zero attached hydrogens (tertiary/aromatic N) is 4. The Morgan fingerprint density at radius 1 is 1.18 bits per heavy atom. The number of anilines is 1. The standard InChI is InChI=1S/C23H23N7O2S/c24-8-16-19(13-6-7-13)17(9-25)23(33-20(21(27)32)14-4-2-1-3-5-14)29-22(16)30-11-15(12-30)28-18(31)10-26/h1-5,13,15,20H,6-7,10-12,26H2,(H2,27,32)(H,28,31). The van der Waals surface area contributed by atoms with E-state index in [-0.39, 0.29) is 24.4 Å². The Bertz CT molecular complexity index is 1160. The van der Waals surface area contributed by atoms with Gasteiger partial charge in [0.25, 0.3) is 0 Å². The number of hydrogen-bond acceptors (Lipinski definition) is 8. The quantitative estimate of drug-likeness (QED) is 0.495. The van der Waals surface area contributed by atoms with Gasteiger partial charge in [-0.05, 0) is 29.9 Å². The second kappa shape index (κ2) is 9.49.